The zero-order valence-corrected chi connectivity index (χ0v) is 12.3. The van der Waals surface area contributed by atoms with Gasteiger partial charge in [0, 0.05) is 19.0 Å². The van der Waals surface area contributed by atoms with Crippen molar-refractivity contribution in [1.82, 2.24) is 10.2 Å². The molecule has 1 N–H and O–H groups in total. The molecule has 0 radical (unpaired) electrons. The maximum atomic E-state index is 11.9. The smallest absolute Gasteiger partial charge is 0.223 e. The first-order valence-electron chi connectivity index (χ1n) is 7.35. The van der Waals surface area contributed by atoms with Crippen LogP contribution in [0, 0.1) is 12.8 Å². The van der Waals surface area contributed by atoms with Gasteiger partial charge in [0.25, 0.3) is 0 Å². The molecular formula is C17H24N2O. The van der Waals surface area contributed by atoms with Crippen LogP contribution in [0.4, 0.5) is 0 Å². The Morgan fingerprint density at radius 1 is 1.45 bits per heavy atom. The summed E-state index contributed by atoms with van der Waals surface area (Å²) in [5.74, 6) is 0.351. The van der Waals surface area contributed by atoms with E-state index in [0.29, 0.717) is 6.54 Å². The molecular weight excluding hydrogens is 248 g/mol. The normalized spacial score (nSPS) is 16.9. The number of nitrogens with one attached hydrogen (secondary N) is 1. The van der Waals surface area contributed by atoms with E-state index < -0.39 is 0 Å². The topological polar surface area (TPSA) is 32.3 Å². The maximum absolute atomic E-state index is 11.9. The highest BCUT2D eigenvalue weighted by atomic mass is 16.1. The minimum absolute atomic E-state index is 0.170. The van der Waals surface area contributed by atoms with Crippen LogP contribution >= 0.6 is 0 Å². The third-order valence-corrected chi connectivity index (χ3v) is 3.87. The summed E-state index contributed by atoms with van der Waals surface area (Å²) in [6.07, 6.45) is 3.63. The molecule has 1 aliphatic rings. The zero-order valence-electron chi connectivity index (χ0n) is 12.3. The second-order valence-electron chi connectivity index (χ2n) is 5.57. The number of rotatable bonds is 5. The Balaban J connectivity index is 1.79. The van der Waals surface area contributed by atoms with Crippen molar-refractivity contribution in [1.29, 1.82) is 0 Å². The molecule has 108 valence electrons. The molecule has 0 unspecified atom stereocenters. The molecule has 1 fully saturated rings. The highest BCUT2D eigenvalue weighted by molar-refractivity contribution is 5.78. The van der Waals surface area contributed by atoms with E-state index in [1.54, 1.807) is 6.08 Å². The minimum atomic E-state index is 0.170. The molecule has 0 spiro atoms. The van der Waals surface area contributed by atoms with Crippen LogP contribution in [0.2, 0.25) is 0 Å². The number of hydrogen-bond donors (Lipinski definition) is 1. The quantitative estimate of drug-likeness (QED) is 0.835. The number of amides is 1. The first-order chi connectivity index (χ1) is 9.69. The molecule has 3 heteroatoms. The van der Waals surface area contributed by atoms with Crippen LogP contribution in [0.5, 0.6) is 0 Å². The van der Waals surface area contributed by atoms with Gasteiger partial charge >= 0.3 is 0 Å². The van der Waals surface area contributed by atoms with E-state index >= 15 is 0 Å². The van der Waals surface area contributed by atoms with Crippen molar-refractivity contribution in [3.63, 3.8) is 0 Å². The molecule has 1 saturated heterocycles. The average molecular weight is 272 g/mol. The Morgan fingerprint density at radius 3 is 2.85 bits per heavy atom. The van der Waals surface area contributed by atoms with Crippen molar-refractivity contribution < 1.29 is 4.79 Å². The fourth-order valence-corrected chi connectivity index (χ4v) is 2.74. The van der Waals surface area contributed by atoms with Crippen LogP contribution in [0.1, 0.15) is 24.0 Å². The van der Waals surface area contributed by atoms with Gasteiger partial charge in [-0.05, 0) is 38.4 Å². The molecule has 20 heavy (non-hydrogen) atoms. The van der Waals surface area contributed by atoms with Crippen LogP contribution in [0.15, 0.2) is 36.9 Å². The molecule has 0 saturated carbocycles. The largest absolute Gasteiger partial charge is 0.352 e. The molecule has 1 aliphatic heterocycles. The fourth-order valence-electron chi connectivity index (χ4n) is 2.74. The Bertz CT molecular complexity index is 462. The second kappa shape index (κ2) is 7.25. The molecule has 1 heterocycles. The third-order valence-electron chi connectivity index (χ3n) is 3.87. The van der Waals surface area contributed by atoms with Gasteiger partial charge in [0.05, 0.1) is 0 Å². The van der Waals surface area contributed by atoms with Crippen molar-refractivity contribution in [2.75, 3.05) is 19.6 Å². The molecule has 1 aromatic carbocycles. The van der Waals surface area contributed by atoms with Crippen molar-refractivity contribution in [3.8, 4) is 0 Å². The van der Waals surface area contributed by atoms with E-state index in [4.69, 9.17) is 0 Å². The minimum Gasteiger partial charge on any atom is -0.352 e. The summed E-state index contributed by atoms with van der Waals surface area (Å²) < 4.78 is 0. The van der Waals surface area contributed by atoms with Crippen molar-refractivity contribution >= 4 is 5.91 Å². The second-order valence-corrected chi connectivity index (χ2v) is 5.57. The number of aryl methyl sites for hydroxylation is 1. The number of hydrogen-bond acceptors (Lipinski definition) is 2. The number of carbonyl (C=O) groups excluding carboxylic acids is 1. The Hall–Kier alpha value is -1.61. The van der Waals surface area contributed by atoms with Gasteiger partial charge in [0.1, 0.15) is 0 Å². The molecule has 0 atom stereocenters. The summed E-state index contributed by atoms with van der Waals surface area (Å²) in [4.78, 5) is 14.3. The zero-order chi connectivity index (χ0) is 14.4. The van der Waals surface area contributed by atoms with Crippen LogP contribution in [0.25, 0.3) is 0 Å². The van der Waals surface area contributed by atoms with Crippen molar-refractivity contribution in [2.24, 2.45) is 5.92 Å². The van der Waals surface area contributed by atoms with E-state index in [1.165, 1.54) is 11.1 Å². The summed E-state index contributed by atoms with van der Waals surface area (Å²) in [5.41, 5.74) is 2.67. The lowest BCUT2D eigenvalue weighted by atomic mass is 9.95. The lowest BCUT2D eigenvalue weighted by molar-refractivity contribution is -0.126. The van der Waals surface area contributed by atoms with Gasteiger partial charge in [-0.25, -0.2) is 0 Å². The number of carbonyl (C=O) groups is 1. The predicted octanol–water partition coefficient (Wildman–Crippen LogP) is 2.51. The first kappa shape index (κ1) is 14.8. The number of nitrogens with zero attached hydrogens (tertiary/aromatic N) is 1. The summed E-state index contributed by atoms with van der Waals surface area (Å²) in [5, 5.41) is 2.90. The average Bonchev–Trinajstić information content (AvgIpc) is 2.45. The summed E-state index contributed by atoms with van der Waals surface area (Å²) in [7, 11) is 0. The van der Waals surface area contributed by atoms with Gasteiger partial charge in [-0.2, -0.15) is 0 Å². The lowest BCUT2D eigenvalue weighted by Gasteiger charge is -2.31. The van der Waals surface area contributed by atoms with Crippen molar-refractivity contribution in [3.05, 3.63) is 48.0 Å². The summed E-state index contributed by atoms with van der Waals surface area (Å²) in [6.45, 7) is 9.31. The highest BCUT2D eigenvalue weighted by Crippen LogP contribution is 2.19. The molecule has 0 aliphatic carbocycles. The molecule has 1 amide bonds. The van der Waals surface area contributed by atoms with Crippen LogP contribution in [-0.2, 0) is 11.3 Å². The molecule has 0 aromatic heterocycles. The van der Waals surface area contributed by atoms with Gasteiger partial charge < -0.3 is 5.32 Å². The highest BCUT2D eigenvalue weighted by Gasteiger charge is 2.24. The van der Waals surface area contributed by atoms with E-state index in [1.807, 2.05) is 0 Å². The van der Waals surface area contributed by atoms with Gasteiger partial charge in [-0.1, -0.05) is 35.9 Å². The maximum Gasteiger partial charge on any atom is 0.223 e. The van der Waals surface area contributed by atoms with Gasteiger partial charge in [-0.3, -0.25) is 9.69 Å². The summed E-state index contributed by atoms with van der Waals surface area (Å²) >= 11 is 0. The Labute approximate surface area is 121 Å². The third kappa shape index (κ3) is 4.20. The monoisotopic (exact) mass is 272 g/mol. The SMILES string of the molecule is C=CCNC(=O)C1CCN(Cc2cccc(C)c2)CC1. The molecule has 0 bridgehead atoms. The van der Waals surface area contributed by atoms with Crippen molar-refractivity contribution in [2.45, 2.75) is 26.3 Å². The van der Waals surface area contributed by atoms with Crippen LogP contribution in [-0.4, -0.2) is 30.4 Å². The van der Waals surface area contributed by atoms with Gasteiger partial charge in [-0.15, -0.1) is 6.58 Å². The predicted molar refractivity (Wildman–Crippen MR) is 82.4 cm³/mol. The first-order valence-corrected chi connectivity index (χ1v) is 7.35. The van der Waals surface area contributed by atoms with Gasteiger partial charge in [0.15, 0.2) is 0 Å². The summed E-state index contributed by atoms with van der Waals surface area (Å²) in [6, 6.07) is 8.65. The van der Waals surface area contributed by atoms with E-state index in [2.05, 4.69) is 48.0 Å². The molecule has 2 rings (SSSR count). The van der Waals surface area contributed by atoms with E-state index in [0.717, 1.165) is 32.5 Å². The number of likely N-dealkylation sites (tertiary alicyclic amines) is 1. The number of piperidine rings is 1. The van der Waals surface area contributed by atoms with Crippen LogP contribution in [0.3, 0.4) is 0 Å². The standard InChI is InChI=1S/C17H24N2O/c1-3-9-18-17(20)16-7-10-19(11-8-16)13-15-6-4-5-14(2)12-15/h3-6,12,16H,1,7-11,13H2,2H3,(H,18,20). The molecule has 3 nitrogen and oxygen atoms in total. The fraction of sp³-hybridized carbons (Fsp3) is 0.471. The Kier molecular flexibility index (Phi) is 5.36. The number of benzene rings is 1. The lowest BCUT2D eigenvalue weighted by Crippen LogP contribution is -2.40. The van der Waals surface area contributed by atoms with E-state index in [9.17, 15) is 4.79 Å². The van der Waals surface area contributed by atoms with E-state index in [-0.39, 0.29) is 11.8 Å². The Morgan fingerprint density at radius 2 is 2.20 bits per heavy atom. The van der Waals surface area contributed by atoms with Crippen LogP contribution < -0.4 is 5.32 Å². The van der Waals surface area contributed by atoms with Gasteiger partial charge in [0.2, 0.25) is 5.91 Å². The molecule has 1 aromatic rings.